The monoisotopic (exact) mass is 219 g/mol. The smallest absolute Gasteiger partial charge is 0.0749 e. The van der Waals surface area contributed by atoms with Crippen molar-refractivity contribution in [1.82, 2.24) is 4.90 Å². The number of hydrogen-bond donors (Lipinski definition) is 0. The normalized spacial score (nSPS) is 30.6. The summed E-state index contributed by atoms with van der Waals surface area (Å²) in [5.74, 6) is 0.595. The van der Waals surface area contributed by atoms with Gasteiger partial charge in [0.05, 0.1) is 5.60 Å². The number of nitrogens with zero attached hydrogens (tertiary/aromatic N) is 1. The molecule has 0 radical (unpaired) electrons. The molecule has 0 aromatic rings. The molecule has 1 rings (SSSR count). The first-order chi connectivity index (χ1) is 6.44. The van der Waals surface area contributed by atoms with Crippen LogP contribution in [0, 0.1) is 5.92 Å². The Morgan fingerprint density at radius 1 is 1.50 bits per heavy atom. The molecular weight excluding hydrogens is 198 g/mol. The third kappa shape index (κ3) is 3.41. The van der Waals surface area contributed by atoms with Gasteiger partial charge in [-0.25, -0.2) is 0 Å². The van der Waals surface area contributed by atoms with Crippen molar-refractivity contribution >= 4 is 11.6 Å². The van der Waals surface area contributed by atoms with Crippen LogP contribution in [0.3, 0.4) is 0 Å². The summed E-state index contributed by atoms with van der Waals surface area (Å²) >= 11 is 6.18. The van der Waals surface area contributed by atoms with E-state index in [0.29, 0.717) is 11.3 Å². The Morgan fingerprint density at radius 3 is 2.64 bits per heavy atom. The van der Waals surface area contributed by atoms with Crippen LogP contribution in [-0.4, -0.2) is 42.6 Å². The predicted molar refractivity (Wildman–Crippen MR) is 61.0 cm³/mol. The zero-order chi connectivity index (χ0) is 10.8. The molecule has 14 heavy (non-hydrogen) atoms. The van der Waals surface area contributed by atoms with Gasteiger partial charge in [0.15, 0.2) is 0 Å². The number of piperidine rings is 1. The van der Waals surface area contributed by atoms with Crippen LogP contribution >= 0.6 is 11.6 Å². The number of likely N-dealkylation sites (tertiary alicyclic amines) is 1. The topological polar surface area (TPSA) is 12.5 Å². The second-order valence-corrected chi connectivity index (χ2v) is 5.54. The lowest BCUT2D eigenvalue weighted by Crippen LogP contribution is -2.47. The molecule has 0 N–H and O–H groups in total. The van der Waals surface area contributed by atoms with E-state index in [1.54, 1.807) is 7.11 Å². The van der Waals surface area contributed by atoms with E-state index in [2.05, 4.69) is 25.7 Å². The summed E-state index contributed by atoms with van der Waals surface area (Å²) in [6.45, 7) is 9.68. The minimum Gasteiger partial charge on any atom is -0.377 e. The van der Waals surface area contributed by atoms with E-state index in [-0.39, 0.29) is 5.60 Å². The molecule has 2 atom stereocenters. The molecule has 0 aromatic heterocycles. The van der Waals surface area contributed by atoms with Crippen LogP contribution in [0.4, 0.5) is 0 Å². The summed E-state index contributed by atoms with van der Waals surface area (Å²) in [5, 5.41) is 0.358. The number of ether oxygens (including phenoxy) is 1. The maximum Gasteiger partial charge on any atom is 0.0749 e. The molecule has 0 aliphatic carbocycles. The number of alkyl halides is 1. The molecule has 1 heterocycles. The van der Waals surface area contributed by atoms with Crippen molar-refractivity contribution in [1.29, 1.82) is 0 Å². The van der Waals surface area contributed by atoms with Crippen molar-refractivity contribution in [3.8, 4) is 0 Å². The van der Waals surface area contributed by atoms with Crippen molar-refractivity contribution in [3.63, 3.8) is 0 Å². The van der Waals surface area contributed by atoms with Gasteiger partial charge >= 0.3 is 0 Å². The molecule has 1 aliphatic rings. The highest BCUT2D eigenvalue weighted by atomic mass is 35.5. The molecule has 0 amide bonds. The molecule has 0 saturated carbocycles. The largest absolute Gasteiger partial charge is 0.377 e. The second kappa shape index (κ2) is 4.82. The molecule has 1 aliphatic heterocycles. The van der Waals surface area contributed by atoms with Gasteiger partial charge in [-0.1, -0.05) is 6.92 Å². The fourth-order valence-corrected chi connectivity index (χ4v) is 2.13. The van der Waals surface area contributed by atoms with Crippen LogP contribution in [0.15, 0.2) is 0 Å². The molecule has 3 heteroatoms. The third-order valence-electron chi connectivity index (χ3n) is 3.04. The van der Waals surface area contributed by atoms with Gasteiger partial charge < -0.3 is 9.64 Å². The summed E-state index contributed by atoms with van der Waals surface area (Å²) in [5.41, 5.74) is -0.0428. The minimum atomic E-state index is -0.0428. The summed E-state index contributed by atoms with van der Waals surface area (Å²) in [7, 11) is 1.78. The van der Waals surface area contributed by atoms with E-state index in [0.717, 1.165) is 26.1 Å². The Labute approximate surface area is 92.6 Å². The summed E-state index contributed by atoms with van der Waals surface area (Å²) in [6, 6.07) is 0. The van der Waals surface area contributed by atoms with Crippen molar-refractivity contribution < 1.29 is 4.74 Å². The first-order valence-electron chi connectivity index (χ1n) is 5.36. The molecule has 2 unspecified atom stereocenters. The van der Waals surface area contributed by atoms with Gasteiger partial charge in [-0.2, -0.15) is 0 Å². The number of hydrogen-bond acceptors (Lipinski definition) is 2. The van der Waals surface area contributed by atoms with E-state index in [9.17, 15) is 0 Å². The minimum absolute atomic E-state index is 0.0428. The van der Waals surface area contributed by atoms with Gasteiger partial charge in [-0.3, -0.25) is 0 Å². The Balaban J connectivity index is 2.40. The van der Waals surface area contributed by atoms with Crippen LogP contribution in [0.25, 0.3) is 0 Å². The SMILES string of the molecule is COC(C)(C)CN1CCC(Cl)C(C)C1. The maximum atomic E-state index is 6.18. The van der Waals surface area contributed by atoms with Crippen LogP contribution < -0.4 is 0 Å². The van der Waals surface area contributed by atoms with Crippen LogP contribution in [0.5, 0.6) is 0 Å². The van der Waals surface area contributed by atoms with Crippen molar-refractivity contribution in [2.75, 3.05) is 26.7 Å². The molecular formula is C11H22ClNO. The van der Waals surface area contributed by atoms with Crippen LogP contribution in [0.2, 0.25) is 0 Å². The van der Waals surface area contributed by atoms with Gasteiger partial charge in [0.2, 0.25) is 0 Å². The molecule has 1 saturated heterocycles. The Morgan fingerprint density at radius 2 is 2.14 bits per heavy atom. The Hall–Kier alpha value is 0.210. The standard InChI is InChI=1S/C11H22ClNO/c1-9-7-13(6-5-10(9)12)8-11(2,3)14-4/h9-10H,5-8H2,1-4H3. The molecule has 84 valence electrons. The van der Waals surface area contributed by atoms with Crippen molar-refractivity contribution in [3.05, 3.63) is 0 Å². The first-order valence-corrected chi connectivity index (χ1v) is 5.80. The average Bonchev–Trinajstić information content (AvgIpc) is 2.11. The van der Waals surface area contributed by atoms with Crippen molar-refractivity contribution in [2.24, 2.45) is 5.92 Å². The quantitative estimate of drug-likeness (QED) is 0.676. The van der Waals surface area contributed by atoms with Crippen LogP contribution in [0.1, 0.15) is 27.2 Å². The van der Waals surface area contributed by atoms with Gasteiger partial charge in [0.1, 0.15) is 0 Å². The maximum absolute atomic E-state index is 6.18. The van der Waals surface area contributed by atoms with Crippen LogP contribution in [-0.2, 0) is 4.74 Å². The van der Waals surface area contributed by atoms with Gasteiger partial charge in [0, 0.05) is 25.6 Å². The van der Waals surface area contributed by atoms with Crippen molar-refractivity contribution in [2.45, 2.75) is 38.2 Å². The molecule has 2 nitrogen and oxygen atoms in total. The van der Waals surface area contributed by atoms with E-state index >= 15 is 0 Å². The second-order valence-electron chi connectivity index (χ2n) is 4.98. The molecule has 0 bridgehead atoms. The predicted octanol–water partition coefficient (Wildman–Crippen LogP) is 2.36. The lowest BCUT2D eigenvalue weighted by atomic mass is 9.98. The fraction of sp³-hybridized carbons (Fsp3) is 1.00. The highest BCUT2D eigenvalue weighted by molar-refractivity contribution is 6.20. The molecule has 1 fully saturated rings. The van der Waals surface area contributed by atoms with Gasteiger partial charge in [-0.05, 0) is 32.7 Å². The van der Waals surface area contributed by atoms with E-state index in [4.69, 9.17) is 16.3 Å². The Bertz CT molecular complexity index is 184. The number of methoxy groups -OCH3 is 1. The molecule has 0 spiro atoms. The van der Waals surface area contributed by atoms with Gasteiger partial charge in [0.25, 0.3) is 0 Å². The lowest BCUT2D eigenvalue weighted by molar-refractivity contribution is -0.0152. The molecule has 0 aromatic carbocycles. The number of halogens is 1. The Kier molecular flexibility index (Phi) is 4.23. The third-order valence-corrected chi connectivity index (χ3v) is 3.69. The van der Waals surface area contributed by atoms with E-state index in [1.807, 2.05) is 0 Å². The summed E-state index contributed by atoms with van der Waals surface area (Å²) in [6.07, 6.45) is 1.10. The lowest BCUT2D eigenvalue weighted by Gasteiger charge is -2.38. The highest BCUT2D eigenvalue weighted by Gasteiger charge is 2.28. The number of rotatable bonds is 3. The average molecular weight is 220 g/mol. The van der Waals surface area contributed by atoms with Gasteiger partial charge in [-0.15, -0.1) is 11.6 Å². The zero-order valence-electron chi connectivity index (χ0n) is 9.72. The zero-order valence-corrected chi connectivity index (χ0v) is 10.5. The fourth-order valence-electron chi connectivity index (χ4n) is 1.95. The summed E-state index contributed by atoms with van der Waals surface area (Å²) in [4.78, 5) is 2.45. The highest BCUT2D eigenvalue weighted by Crippen LogP contribution is 2.23. The van der Waals surface area contributed by atoms with E-state index < -0.39 is 0 Å². The van der Waals surface area contributed by atoms with E-state index in [1.165, 1.54) is 0 Å². The summed E-state index contributed by atoms with van der Waals surface area (Å²) < 4.78 is 5.43. The first kappa shape index (κ1) is 12.3.